The van der Waals surface area contributed by atoms with Gasteiger partial charge in [-0.1, -0.05) is 25.1 Å². The number of anilines is 1. The molecular weight excluding hydrogens is 316 g/mol. The Morgan fingerprint density at radius 3 is 2.48 bits per heavy atom. The van der Waals surface area contributed by atoms with Gasteiger partial charge in [0.2, 0.25) is 5.91 Å². The first-order chi connectivity index (χ1) is 11.0. The van der Waals surface area contributed by atoms with Crippen molar-refractivity contribution in [1.29, 1.82) is 0 Å². The van der Waals surface area contributed by atoms with Crippen molar-refractivity contribution in [3.05, 3.63) is 48.0 Å². The average Bonchev–Trinajstić information content (AvgIpc) is 2.89. The Bertz CT molecular complexity index is 763. The van der Waals surface area contributed by atoms with Crippen molar-refractivity contribution in [2.24, 2.45) is 5.92 Å². The van der Waals surface area contributed by atoms with Crippen LogP contribution in [0.15, 0.2) is 41.3 Å². The molecule has 1 atom stereocenters. The summed E-state index contributed by atoms with van der Waals surface area (Å²) in [5, 5.41) is 0. The van der Waals surface area contributed by atoms with Crippen LogP contribution in [-0.4, -0.2) is 18.7 Å². The molecule has 1 fully saturated rings. The third-order valence-corrected chi connectivity index (χ3v) is 5.02. The van der Waals surface area contributed by atoms with Crippen molar-refractivity contribution >= 4 is 23.4 Å². The minimum absolute atomic E-state index is 0.0298. The van der Waals surface area contributed by atoms with E-state index in [4.69, 9.17) is 0 Å². The summed E-state index contributed by atoms with van der Waals surface area (Å²) in [4.78, 5) is 14.3. The highest BCUT2D eigenvalue weighted by Crippen LogP contribution is 2.36. The molecule has 0 saturated carbocycles. The van der Waals surface area contributed by atoms with E-state index in [0.717, 1.165) is 4.90 Å². The first kappa shape index (κ1) is 16.0. The molecule has 0 radical (unpaired) electrons. The molecule has 2 aromatic rings. The summed E-state index contributed by atoms with van der Waals surface area (Å²) in [6.07, 6.45) is 2.56. The average molecular weight is 333 g/mol. The van der Waals surface area contributed by atoms with Crippen LogP contribution >= 0.6 is 11.8 Å². The van der Waals surface area contributed by atoms with Crippen molar-refractivity contribution < 1.29 is 13.6 Å². The second-order valence-electron chi connectivity index (χ2n) is 5.64. The number of carbonyl (C=O) groups is 1. The van der Waals surface area contributed by atoms with Gasteiger partial charge < -0.3 is 4.90 Å². The zero-order chi connectivity index (χ0) is 16.6. The Morgan fingerprint density at radius 1 is 1.09 bits per heavy atom. The minimum Gasteiger partial charge on any atom is -0.309 e. The maximum Gasteiger partial charge on any atom is 0.229 e. The quantitative estimate of drug-likeness (QED) is 0.757. The monoisotopic (exact) mass is 333 g/mol. The van der Waals surface area contributed by atoms with E-state index in [1.165, 1.54) is 22.7 Å². The highest BCUT2D eigenvalue weighted by molar-refractivity contribution is 7.98. The standard InChI is InChI=1S/C18H17F2NOS/c1-11-9-10-21(18(11)22)14-8-7-13(16(19)17(14)20)12-5-3-4-6-15(12)23-2/h3-8,11H,9-10H2,1-2H3. The lowest BCUT2D eigenvalue weighted by molar-refractivity contribution is -0.119. The van der Waals surface area contributed by atoms with Gasteiger partial charge in [0.25, 0.3) is 0 Å². The summed E-state index contributed by atoms with van der Waals surface area (Å²) in [5.41, 5.74) is 0.905. The van der Waals surface area contributed by atoms with Gasteiger partial charge in [0, 0.05) is 22.9 Å². The van der Waals surface area contributed by atoms with E-state index in [1.54, 1.807) is 25.1 Å². The molecule has 23 heavy (non-hydrogen) atoms. The van der Waals surface area contributed by atoms with Crippen LogP contribution in [0.5, 0.6) is 0 Å². The van der Waals surface area contributed by atoms with Crippen LogP contribution < -0.4 is 4.90 Å². The summed E-state index contributed by atoms with van der Waals surface area (Å²) in [5.74, 6) is -2.16. The van der Waals surface area contributed by atoms with Crippen LogP contribution in [0.3, 0.4) is 0 Å². The van der Waals surface area contributed by atoms with Crippen molar-refractivity contribution in [1.82, 2.24) is 0 Å². The fourth-order valence-electron chi connectivity index (χ4n) is 2.88. The van der Waals surface area contributed by atoms with E-state index in [2.05, 4.69) is 0 Å². The van der Waals surface area contributed by atoms with Crippen molar-refractivity contribution in [3.63, 3.8) is 0 Å². The zero-order valence-electron chi connectivity index (χ0n) is 13.0. The number of carbonyl (C=O) groups excluding carboxylic acids is 1. The summed E-state index contributed by atoms with van der Waals surface area (Å²) >= 11 is 1.48. The number of rotatable bonds is 3. The predicted molar refractivity (Wildman–Crippen MR) is 89.7 cm³/mol. The molecule has 1 aliphatic heterocycles. The smallest absolute Gasteiger partial charge is 0.229 e. The molecule has 0 N–H and O–H groups in total. The van der Waals surface area contributed by atoms with Gasteiger partial charge in [0.1, 0.15) is 0 Å². The molecule has 120 valence electrons. The van der Waals surface area contributed by atoms with Crippen molar-refractivity contribution in [2.75, 3.05) is 17.7 Å². The molecule has 1 amide bonds. The zero-order valence-corrected chi connectivity index (χ0v) is 13.8. The molecule has 0 aliphatic carbocycles. The molecular formula is C18H17F2NOS. The van der Waals surface area contributed by atoms with E-state index in [-0.39, 0.29) is 23.1 Å². The van der Waals surface area contributed by atoms with Crippen LogP contribution in [0.25, 0.3) is 11.1 Å². The van der Waals surface area contributed by atoms with Crippen LogP contribution in [0.4, 0.5) is 14.5 Å². The van der Waals surface area contributed by atoms with Gasteiger partial charge in [-0.15, -0.1) is 11.8 Å². The maximum atomic E-state index is 14.6. The summed E-state index contributed by atoms with van der Waals surface area (Å²) < 4.78 is 29.2. The number of halogens is 2. The third-order valence-electron chi connectivity index (χ3n) is 4.22. The third kappa shape index (κ3) is 2.74. The fraction of sp³-hybridized carbons (Fsp3) is 0.278. The Morgan fingerprint density at radius 2 is 1.83 bits per heavy atom. The van der Waals surface area contributed by atoms with Gasteiger partial charge in [-0.2, -0.15) is 0 Å². The molecule has 0 aromatic heterocycles. The topological polar surface area (TPSA) is 20.3 Å². The van der Waals surface area contributed by atoms with Crippen LogP contribution in [0.1, 0.15) is 13.3 Å². The van der Waals surface area contributed by atoms with Gasteiger partial charge in [-0.25, -0.2) is 8.78 Å². The van der Waals surface area contributed by atoms with E-state index in [1.807, 2.05) is 18.4 Å². The SMILES string of the molecule is CSc1ccccc1-c1ccc(N2CCC(C)C2=O)c(F)c1F. The number of amides is 1. The molecule has 1 unspecified atom stereocenters. The first-order valence-corrected chi connectivity index (χ1v) is 8.69. The molecule has 2 aromatic carbocycles. The second kappa shape index (κ2) is 6.32. The Hall–Kier alpha value is -1.88. The van der Waals surface area contributed by atoms with E-state index >= 15 is 0 Å². The van der Waals surface area contributed by atoms with Gasteiger partial charge in [-0.3, -0.25) is 4.79 Å². The molecule has 3 rings (SSSR count). The number of hydrogen-bond acceptors (Lipinski definition) is 2. The van der Waals surface area contributed by atoms with E-state index in [9.17, 15) is 13.6 Å². The second-order valence-corrected chi connectivity index (χ2v) is 6.49. The lowest BCUT2D eigenvalue weighted by Crippen LogP contribution is -2.27. The summed E-state index contributed by atoms with van der Waals surface area (Å²) in [6.45, 7) is 2.23. The predicted octanol–water partition coefficient (Wildman–Crippen LogP) is 4.73. The lowest BCUT2D eigenvalue weighted by Gasteiger charge is -2.19. The van der Waals surface area contributed by atoms with E-state index in [0.29, 0.717) is 18.5 Å². The molecule has 1 saturated heterocycles. The van der Waals surface area contributed by atoms with Gasteiger partial charge in [-0.05, 0) is 36.4 Å². The van der Waals surface area contributed by atoms with Gasteiger partial charge in [0.15, 0.2) is 11.6 Å². The highest BCUT2D eigenvalue weighted by Gasteiger charge is 2.32. The fourth-order valence-corrected chi connectivity index (χ4v) is 3.50. The van der Waals surface area contributed by atoms with Crippen LogP contribution in [0, 0.1) is 17.6 Å². The molecule has 1 aliphatic rings. The summed E-state index contributed by atoms with van der Waals surface area (Å²) in [6, 6.07) is 10.4. The van der Waals surface area contributed by atoms with Crippen LogP contribution in [-0.2, 0) is 4.79 Å². The molecule has 1 heterocycles. The molecule has 0 bridgehead atoms. The van der Waals surface area contributed by atoms with Gasteiger partial charge >= 0.3 is 0 Å². The van der Waals surface area contributed by atoms with Gasteiger partial charge in [0.05, 0.1) is 5.69 Å². The van der Waals surface area contributed by atoms with E-state index < -0.39 is 11.6 Å². The summed E-state index contributed by atoms with van der Waals surface area (Å²) in [7, 11) is 0. The Balaban J connectivity index is 2.07. The first-order valence-electron chi connectivity index (χ1n) is 7.47. The minimum atomic E-state index is -0.958. The normalized spacial score (nSPS) is 17.8. The lowest BCUT2D eigenvalue weighted by atomic mass is 10.0. The Labute approximate surface area is 138 Å². The molecule has 2 nitrogen and oxygen atoms in total. The number of hydrogen-bond donors (Lipinski definition) is 0. The largest absolute Gasteiger partial charge is 0.309 e. The molecule has 5 heteroatoms. The number of thioether (sulfide) groups is 1. The van der Waals surface area contributed by atoms with Crippen molar-refractivity contribution in [3.8, 4) is 11.1 Å². The number of benzene rings is 2. The van der Waals surface area contributed by atoms with Crippen molar-refractivity contribution in [2.45, 2.75) is 18.2 Å². The Kier molecular flexibility index (Phi) is 4.39. The maximum absolute atomic E-state index is 14.6. The highest BCUT2D eigenvalue weighted by atomic mass is 32.2. The van der Waals surface area contributed by atoms with Crippen LogP contribution in [0.2, 0.25) is 0 Å². The molecule has 0 spiro atoms. The number of nitrogens with zero attached hydrogens (tertiary/aromatic N) is 1.